The molecule has 0 aliphatic carbocycles. The zero-order valence-electron chi connectivity index (χ0n) is 23.3. The lowest BCUT2D eigenvalue weighted by Crippen LogP contribution is -2.58. The van der Waals surface area contributed by atoms with Gasteiger partial charge in [0.15, 0.2) is 18.1 Å². The highest BCUT2D eigenvalue weighted by Crippen LogP contribution is 2.29. The number of hydrogen-bond acceptors (Lipinski definition) is 7. The minimum Gasteiger partial charge on any atom is -0.493 e. The molecule has 0 radical (unpaired) electrons. The molecule has 0 saturated carbocycles. The van der Waals surface area contributed by atoms with Crippen LogP contribution in [0.1, 0.15) is 38.5 Å². The lowest BCUT2D eigenvalue weighted by Gasteiger charge is -2.39. The van der Waals surface area contributed by atoms with E-state index in [0.29, 0.717) is 47.7 Å². The van der Waals surface area contributed by atoms with E-state index in [1.165, 1.54) is 13.2 Å². The van der Waals surface area contributed by atoms with Gasteiger partial charge in [-0.3, -0.25) is 14.4 Å². The Kier molecular flexibility index (Phi) is 7.43. The van der Waals surface area contributed by atoms with Gasteiger partial charge in [0.05, 0.1) is 18.7 Å². The third-order valence-electron chi connectivity index (χ3n) is 7.54. The molecule has 1 saturated heterocycles. The number of methoxy groups -OCH3 is 1. The molecule has 3 amide bonds. The second kappa shape index (κ2) is 11.5. The van der Waals surface area contributed by atoms with Crippen molar-refractivity contribution in [3.8, 4) is 17.2 Å². The minimum atomic E-state index is -0.516. The second-order valence-electron chi connectivity index (χ2n) is 10.4. The maximum Gasteiger partial charge on any atom is 0.258 e. The number of nitrogens with one attached hydrogen (secondary N) is 2. The number of benzene rings is 3. The van der Waals surface area contributed by atoms with Crippen LogP contribution in [0.5, 0.6) is 17.2 Å². The van der Waals surface area contributed by atoms with Gasteiger partial charge in [-0.1, -0.05) is 24.3 Å². The van der Waals surface area contributed by atoms with E-state index in [2.05, 4.69) is 10.6 Å². The molecule has 7 rings (SSSR count). The van der Waals surface area contributed by atoms with Gasteiger partial charge in [0.25, 0.3) is 17.7 Å². The number of fused-ring (bicyclic) bond motifs is 8. The first-order chi connectivity index (χ1) is 20.4. The van der Waals surface area contributed by atoms with Gasteiger partial charge in [-0.25, -0.2) is 0 Å². The molecule has 4 heterocycles. The first-order valence-corrected chi connectivity index (χ1v) is 13.8. The summed E-state index contributed by atoms with van der Waals surface area (Å²) in [5.74, 6) is 1.16. The summed E-state index contributed by atoms with van der Waals surface area (Å²) < 4.78 is 23.3. The Bertz CT molecular complexity index is 1650. The molecular formula is C32H31N3O7. The van der Waals surface area contributed by atoms with Crippen molar-refractivity contribution >= 4 is 28.7 Å². The van der Waals surface area contributed by atoms with Crippen LogP contribution in [0.4, 0.5) is 0 Å². The number of aryl methyl sites for hydroxylation is 1. The summed E-state index contributed by atoms with van der Waals surface area (Å²) in [6.07, 6.45) is 0.105. The predicted molar refractivity (Wildman–Crippen MR) is 154 cm³/mol. The Morgan fingerprint density at radius 3 is 2.69 bits per heavy atom. The van der Waals surface area contributed by atoms with Gasteiger partial charge in [-0.2, -0.15) is 0 Å². The molecule has 0 spiro atoms. The average molecular weight is 570 g/mol. The van der Waals surface area contributed by atoms with Crippen molar-refractivity contribution in [1.29, 1.82) is 0 Å². The molecule has 0 unspecified atom stereocenters. The standard InChI is InChI=1S/C32H31N3O7/c1-19-14-21-4-3-5-24(30(21)41-19)32(38)35-13-12-26-25(17-35)34-31(37)22-8-11-27(39-2)28(15-22)40-18-29(36)33-16-20-6-9-23(42-26)10-7-20/h3-11,14-15,25-26H,12-13,16-18H2,1-2H3,(H,33,36)(H,34,37)/t25-,26+/m0/s1. The zero-order chi connectivity index (χ0) is 29.2. The van der Waals surface area contributed by atoms with Crippen molar-refractivity contribution in [1.82, 2.24) is 15.5 Å². The van der Waals surface area contributed by atoms with E-state index in [-0.39, 0.29) is 36.6 Å². The summed E-state index contributed by atoms with van der Waals surface area (Å²) in [7, 11) is 1.49. The third kappa shape index (κ3) is 5.60. The molecule has 4 bridgehead atoms. The van der Waals surface area contributed by atoms with Crippen LogP contribution < -0.4 is 24.8 Å². The Morgan fingerprint density at radius 1 is 1.05 bits per heavy atom. The van der Waals surface area contributed by atoms with Gasteiger partial charge in [-0.15, -0.1) is 0 Å². The molecule has 10 heteroatoms. The highest BCUT2D eigenvalue weighted by Gasteiger charge is 2.35. The molecule has 3 aliphatic rings. The Morgan fingerprint density at radius 2 is 1.88 bits per heavy atom. The summed E-state index contributed by atoms with van der Waals surface area (Å²) in [6, 6.07) is 19.1. The SMILES string of the molecule is COc1ccc2cc1OCC(=O)NCc1ccc(cc1)O[C@@H]1CCN(C(=O)c3cccc4cc(C)oc34)C[C@@H]1NC2=O. The number of carbonyl (C=O) groups excluding carboxylic acids is 3. The molecule has 42 heavy (non-hydrogen) atoms. The van der Waals surface area contributed by atoms with Crippen LogP contribution in [-0.2, 0) is 11.3 Å². The van der Waals surface area contributed by atoms with E-state index in [9.17, 15) is 14.4 Å². The Balaban J connectivity index is 1.31. The average Bonchev–Trinajstić information content (AvgIpc) is 3.39. The number of nitrogens with zero attached hydrogens (tertiary/aromatic N) is 1. The maximum absolute atomic E-state index is 13.7. The predicted octanol–water partition coefficient (Wildman–Crippen LogP) is 3.85. The number of para-hydroxylation sites is 1. The van der Waals surface area contributed by atoms with E-state index in [4.69, 9.17) is 18.6 Å². The Hall–Kier alpha value is -4.99. The van der Waals surface area contributed by atoms with Crippen molar-refractivity contribution in [2.75, 3.05) is 26.8 Å². The van der Waals surface area contributed by atoms with Crippen LogP contribution in [-0.4, -0.2) is 61.6 Å². The molecule has 2 atom stereocenters. The van der Waals surface area contributed by atoms with Crippen LogP contribution in [0.2, 0.25) is 0 Å². The molecule has 4 aromatic rings. The lowest BCUT2D eigenvalue weighted by molar-refractivity contribution is -0.123. The van der Waals surface area contributed by atoms with E-state index in [1.807, 2.05) is 49.4 Å². The smallest absolute Gasteiger partial charge is 0.258 e. The van der Waals surface area contributed by atoms with E-state index < -0.39 is 12.1 Å². The number of rotatable bonds is 2. The van der Waals surface area contributed by atoms with E-state index >= 15 is 0 Å². The van der Waals surface area contributed by atoms with Crippen molar-refractivity contribution in [3.63, 3.8) is 0 Å². The monoisotopic (exact) mass is 569 g/mol. The van der Waals surface area contributed by atoms with Crippen molar-refractivity contribution in [3.05, 3.63) is 89.2 Å². The normalized spacial score (nSPS) is 19.1. The first-order valence-electron chi connectivity index (χ1n) is 13.8. The third-order valence-corrected chi connectivity index (χ3v) is 7.54. The van der Waals surface area contributed by atoms with E-state index in [1.54, 1.807) is 23.1 Å². The highest BCUT2D eigenvalue weighted by molar-refractivity contribution is 6.05. The highest BCUT2D eigenvalue weighted by atomic mass is 16.5. The molecule has 1 aromatic heterocycles. The fourth-order valence-electron chi connectivity index (χ4n) is 5.36. The van der Waals surface area contributed by atoms with Gasteiger partial charge >= 0.3 is 0 Å². The molecule has 1 fully saturated rings. The van der Waals surface area contributed by atoms with Gasteiger partial charge in [-0.05, 0) is 55.0 Å². The van der Waals surface area contributed by atoms with Crippen molar-refractivity contribution < 1.29 is 33.0 Å². The molecule has 3 aliphatic heterocycles. The van der Waals surface area contributed by atoms with Crippen LogP contribution in [0, 0.1) is 6.92 Å². The van der Waals surface area contributed by atoms with Gasteiger partial charge in [0.2, 0.25) is 0 Å². The van der Waals surface area contributed by atoms with Gasteiger partial charge in [0, 0.05) is 37.0 Å². The van der Waals surface area contributed by atoms with Crippen LogP contribution in [0.3, 0.4) is 0 Å². The van der Waals surface area contributed by atoms with Crippen molar-refractivity contribution in [2.45, 2.75) is 32.0 Å². The zero-order valence-corrected chi connectivity index (χ0v) is 23.3. The van der Waals surface area contributed by atoms with Gasteiger partial charge in [0.1, 0.15) is 23.2 Å². The molecule has 2 N–H and O–H groups in total. The largest absolute Gasteiger partial charge is 0.493 e. The van der Waals surface area contributed by atoms with Crippen molar-refractivity contribution in [2.24, 2.45) is 0 Å². The fraction of sp³-hybridized carbons (Fsp3) is 0.281. The van der Waals surface area contributed by atoms with Crippen LogP contribution in [0.15, 0.2) is 71.1 Å². The second-order valence-corrected chi connectivity index (χ2v) is 10.4. The summed E-state index contributed by atoms with van der Waals surface area (Å²) in [4.78, 5) is 41.4. The summed E-state index contributed by atoms with van der Waals surface area (Å²) >= 11 is 0. The number of amides is 3. The molecule has 3 aromatic carbocycles. The minimum absolute atomic E-state index is 0.173. The fourth-order valence-corrected chi connectivity index (χ4v) is 5.36. The summed E-state index contributed by atoms with van der Waals surface area (Å²) in [6.45, 7) is 2.61. The van der Waals surface area contributed by atoms with Crippen LogP contribution >= 0.6 is 0 Å². The maximum atomic E-state index is 13.7. The Labute approximate surface area is 242 Å². The number of furan rings is 1. The number of hydrogen-bond donors (Lipinski definition) is 2. The molecular weight excluding hydrogens is 538 g/mol. The molecule has 216 valence electrons. The first kappa shape index (κ1) is 27.2. The number of ether oxygens (including phenoxy) is 3. The lowest BCUT2D eigenvalue weighted by atomic mass is 9.99. The van der Waals surface area contributed by atoms with E-state index in [0.717, 1.165) is 16.7 Å². The van der Waals surface area contributed by atoms with Crippen LogP contribution in [0.25, 0.3) is 11.0 Å². The summed E-state index contributed by atoms with van der Waals surface area (Å²) in [5.41, 5.74) is 2.24. The number of likely N-dealkylation sites (tertiary alicyclic amines) is 1. The topological polar surface area (TPSA) is 119 Å². The molecule has 10 nitrogen and oxygen atoms in total. The number of carbonyl (C=O) groups is 3. The van der Waals surface area contributed by atoms with Gasteiger partial charge < -0.3 is 34.2 Å². The summed E-state index contributed by atoms with van der Waals surface area (Å²) in [5, 5.41) is 6.77. The number of piperidine rings is 1. The quantitative estimate of drug-likeness (QED) is 0.376.